The van der Waals surface area contributed by atoms with E-state index < -0.39 is 6.09 Å². The number of alkyl carbamates (subject to hydrolysis) is 1. The summed E-state index contributed by atoms with van der Waals surface area (Å²) in [5.74, 6) is 0. The van der Waals surface area contributed by atoms with Crippen molar-refractivity contribution in [3.63, 3.8) is 0 Å². The topological polar surface area (TPSA) is 64.3 Å². The molecule has 0 aliphatic rings. The first-order valence-electron chi connectivity index (χ1n) is 2.41. The molecule has 0 saturated heterocycles. The minimum Gasteiger partial charge on any atom is -0.356 e. The summed E-state index contributed by atoms with van der Waals surface area (Å²) in [7, 11) is 0. The molecule has 0 aromatic rings. The third-order valence-corrected chi connectivity index (χ3v) is 0.565. The van der Waals surface area contributed by atoms with Crippen molar-refractivity contribution < 1.29 is 9.53 Å². The van der Waals surface area contributed by atoms with Gasteiger partial charge in [-0.15, -0.1) is 0 Å². The maximum absolute atomic E-state index is 10.3. The van der Waals surface area contributed by atoms with Gasteiger partial charge in [-0.3, -0.25) is 0 Å². The van der Waals surface area contributed by atoms with E-state index in [0.717, 1.165) is 0 Å². The molecule has 4 nitrogen and oxygen atoms in total. The van der Waals surface area contributed by atoms with Crippen molar-refractivity contribution in [1.82, 2.24) is 5.32 Å². The third-order valence-electron chi connectivity index (χ3n) is 0.565. The largest absolute Gasteiger partial charge is 0.421 e. The molecule has 0 rings (SSSR count). The van der Waals surface area contributed by atoms with Crippen LogP contribution in [-0.2, 0) is 4.74 Å². The standard InChI is InChI=1S/C5H8N2O2/c1-2-9-5(8)7-4-3-6/h1H,3-4,6H2,(H,7,8). The number of amides is 1. The summed E-state index contributed by atoms with van der Waals surface area (Å²) in [5, 5.41) is 2.30. The molecular formula is C5H8N2O2. The zero-order valence-electron chi connectivity index (χ0n) is 4.89. The molecule has 50 valence electrons. The lowest BCUT2D eigenvalue weighted by atomic mass is 10.7. The van der Waals surface area contributed by atoms with Gasteiger partial charge < -0.3 is 15.8 Å². The molecule has 0 fully saturated rings. The van der Waals surface area contributed by atoms with Gasteiger partial charge in [-0.25, -0.2) is 4.79 Å². The number of nitrogens with one attached hydrogen (secondary N) is 1. The Balaban J connectivity index is 3.19. The minimum absolute atomic E-state index is 0.375. The molecule has 0 atom stereocenters. The van der Waals surface area contributed by atoms with Crippen molar-refractivity contribution in [2.45, 2.75) is 0 Å². The molecule has 0 spiro atoms. The monoisotopic (exact) mass is 128 g/mol. The number of hydrogen-bond acceptors (Lipinski definition) is 3. The summed E-state index contributed by atoms with van der Waals surface area (Å²) >= 11 is 0. The number of carbonyl (C=O) groups excluding carboxylic acids is 1. The van der Waals surface area contributed by atoms with Crippen molar-refractivity contribution in [2.24, 2.45) is 5.73 Å². The quantitative estimate of drug-likeness (QED) is 0.481. The van der Waals surface area contributed by atoms with Crippen molar-refractivity contribution >= 4 is 6.09 Å². The summed E-state index contributed by atoms with van der Waals surface area (Å²) in [6.07, 6.45) is 5.72. The molecule has 0 saturated carbocycles. The Hall–Kier alpha value is -1.21. The van der Waals surface area contributed by atoms with Gasteiger partial charge in [0.05, 0.1) is 0 Å². The summed E-state index contributed by atoms with van der Waals surface area (Å²) < 4.78 is 4.07. The number of nitrogens with two attached hydrogens (primary N) is 1. The van der Waals surface area contributed by atoms with E-state index in [1.165, 1.54) is 0 Å². The van der Waals surface area contributed by atoms with Gasteiger partial charge in [0, 0.05) is 13.1 Å². The molecule has 0 aromatic heterocycles. The predicted octanol–water partition coefficient (Wildman–Crippen LogP) is -0.738. The second-order valence-electron chi connectivity index (χ2n) is 1.22. The minimum atomic E-state index is -0.636. The van der Waals surface area contributed by atoms with Gasteiger partial charge in [-0.1, -0.05) is 6.42 Å². The fraction of sp³-hybridized carbons (Fsp3) is 0.400. The van der Waals surface area contributed by atoms with E-state index in [0.29, 0.717) is 13.1 Å². The van der Waals surface area contributed by atoms with Gasteiger partial charge in [0.1, 0.15) is 6.11 Å². The number of ether oxygens (including phenoxy) is 1. The zero-order valence-corrected chi connectivity index (χ0v) is 4.89. The molecular weight excluding hydrogens is 120 g/mol. The molecule has 1 amide bonds. The first-order chi connectivity index (χ1) is 4.31. The average molecular weight is 128 g/mol. The van der Waals surface area contributed by atoms with E-state index in [-0.39, 0.29) is 0 Å². The smallest absolute Gasteiger partial charge is 0.356 e. The summed E-state index contributed by atoms with van der Waals surface area (Å²) in [5.41, 5.74) is 5.05. The molecule has 0 heterocycles. The van der Waals surface area contributed by atoms with Gasteiger partial charge in [-0.05, 0) is 0 Å². The van der Waals surface area contributed by atoms with E-state index in [9.17, 15) is 4.79 Å². The second-order valence-corrected chi connectivity index (χ2v) is 1.22. The number of rotatable bonds is 2. The second kappa shape index (κ2) is 4.94. The van der Waals surface area contributed by atoms with Crippen molar-refractivity contribution in [2.75, 3.05) is 13.1 Å². The summed E-state index contributed by atoms with van der Waals surface area (Å²) in [4.78, 5) is 10.3. The summed E-state index contributed by atoms with van der Waals surface area (Å²) in [6, 6.07) is 0. The predicted molar refractivity (Wildman–Crippen MR) is 32.4 cm³/mol. The van der Waals surface area contributed by atoms with Crippen LogP contribution in [0.1, 0.15) is 0 Å². The van der Waals surface area contributed by atoms with E-state index in [2.05, 4.69) is 16.5 Å². The maximum atomic E-state index is 10.3. The highest BCUT2D eigenvalue weighted by atomic mass is 16.5. The highest BCUT2D eigenvalue weighted by Gasteiger charge is 1.94. The van der Waals surface area contributed by atoms with Crippen LogP contribution < -0.4 is 11.1 Å². The molecule has 0 unspecified atom stereocenters. The Morgan fingerprint density at radius 3 is 3.00 bits per heavy atom. The molecule has 9 heavy (non-hydrogen) atoms. The molecule has 4 heteroatoms. The lowest BCUT2D eigenvalue weighted by Gasteiger charge is -1.96. The van der Waals surface area contributed by atoms with Crippen LogP contribution in [0.25, 0.3) is 0 Å². The van der Waals surface area contributed by atoms with E-state index in [1.807, 2.05) is 0 Å². The molecule has 0 aromatic carbocycles. The van der Waals surface area contributed by atoms with Crippen LogP contribution in [0.4, 0.5) is 4.79 Å². The fourth-order valence-corrected chi connectivity index (χ4v) is 0.264. The Morgan fingerprint density at radius 1 is 1.89 bits per heavy atom. The number of carbonyl (C=O) groups is 1. The van der Waals surface area contributed by atoms with Gasteiger partial charge in [0.15, 0.2) is 0 Å². The SMILES string of the molecule is C#COC(=O)NCCN. The molecule has 0 aliphatic carbocycles. The van der Waals surface area contributed by atoms with E-state index in [4.69, 9.17) is 5.73 Å². The Bertz CT molecular complexity index is 127. The first-order valence-corrected chi connectivity index (χ1v) is 2.41. The van der Waals surface area contributed by atoms with Crippen molar-refractivity contribution in [3.8, 4) is 12.5 Å². The lowest BCUT2D eigenvalue weighted by Crippen LogP contribution is -2.28. The third kappa shape index (κ3) is 4.65. The van der Waals surface area contributed by atoms with Gasteiger partial charge >= 0.3 is 6.09 Å². The first kappa shape index (κ1) is 7.79. The molecule has 0 bridgehead atoms. The molecule has 3 N–H and O–H groups in total. The zero-order chi connectivity index (χ0) is 7.11. The van der Waals surface area contributed by atoms with Crippen LogP contribution in [-0.4, -0.2) is 19.2 Å². The normalized spacial score (nSPS) is 7.56. The van der Waals surface area contributed by atoms with Crippen LogP contribution in [0.15, 0.2) is 0 Å². The number of terminal acetylenes is 1. The van der Waals surface area contributed by atoms with Crippen molar-refractivity contribution in [1.29, 1.82) is 0 Å². The van der Waals surface area contributed by atoms with E-state index >= 15 is 0 Å². The van der Waals surface area contributed by atoms with Gasteiger partial charge in [0.2, 0.25) is 0 Å². The Labute approximate surface area is 53.4 Å². The number of hydrogen-bond donors (Lipinski definition) is 2. The Kier molecular flexibility index (Phi) is 4.27. The van der Waals surface area contributed by atoms with Crippen LogP contribution in [0, 0.1) is 12.5 Å². The molecule has 0 radical (unpaired) electrons. The van der Waals surface area contributed by atoms with Gasteiger partial charge in [0.25, 0.3) is 0 Å². The maximum Gasteiger partial charge on any atom is 0.421 e. The average Bonchev–Trinajstić information content (AvgIpc) is 1.85. The summed E-state index contributed by atoms with van der Waals surface area (Å²) in [6.45, 7) is 0.750. The van der Waals surface area contributed by atoms with Crippen molar-refractivity contribution in [3.05, 3.63) is 0 Å². The Morgan fingerprint density at radius 2 is 2.56 bits per heavy atom. The molecule has 0 aliphatic heterocycles. The van der Waals surface area contributed by atoms with Crippen LogP contribution in [0.5, 0.6) is 0 Å². The lowest BCUT2D eigenvalue weighted by molar-refractivity contribution is 0.192. The van der Waals surface area contributed by atoms with E-state index in [1.54, 1.807) is 6.11 Å². The van der Waals surface area contributed by atoms with Gasteiger partial charge in [-0.2, -0.15) is 0 Å². The van der Waals surface area contributed by atoms with Crippen LogP contribution >= 0.6 is 0 Å². The van der Waals surface area contributed by atoms with Crippen LogP contribution in [0.3, 0.4) is 0 Å². The highest BCUT2D eigenvalue weighted by Crippen LogP contribution is 1.69. The van der Waals surface area contributed by atoms with Crippen LogP contribution in [0.2, 0.25) is 0 Å². The highest BCUT2D eigenvalue weighted by molar-refractivity contribution is 5.68. The fourth-order valence-electron chi connectivity index (χ4n) is 0.264.